The zero-order valence-electron chi connectivity index (χ0n) is 11.0. The minimum Gasteiger partial charge on any atom is -0.484 e. The Morgan fingerprint density at radius 1 is 1.00 bits per heavy atom. The number of rotatable bonds is 6. The normalized spacial score (nSPS) is 9.45. The second-order valence-corrected chi connectivity index (χ2v) is 3.77. The molecule has 0 heterocycles. The second-order valence-electron chi connectivity index (χ2n) is 3.77. The second kappa shape index (κ2) is 8.52. The van der Waals surface area contributed by atoms with Crippen molar-refractivity contribution >= 4 is 17.8 Å². The summed E-state index contributed by atoms with van der Waals surface area (Å²) in [6, 6.07) is 8.81. The molecular formula is C13H16N2O5. The largest absolute Gasteiger partial charge is 0.484 e. The van der Waals surface area contributed by atoms with E-state index in [9.17, 15) is 14.4 Å². The molecule has 0 atom stereocenters. The number of amides is 2. The summed E-state index contributed by atoms with van der Waals surface area (Å²) in [5.41, 5.74) is 4.35. The molecule has 0 bridgehead atoms. The van der Waals surface area contributed by atoms with Crippen molar-refractivity contribution in [2.75, 3.05) is 13.7 Å². The first-order valence-corrected chi connectivity index (χ1v) is 5.94. The molecular weight excluding hydrogens is 264 g/mol. The summed E-state index contributed by atoms with van der Waals surface area (Å²) in [6.07, 6.45) is -0.106. The van der Waals surface area contributed by atoms with Crippen LogP contribution in [0, 0.1) is 0 Å². The number of carbonyl (C=O) groups excluding carboxylic acids is 3. The number of carbonyl (C=O) groups is 3. The molecule has 1 aromatic rings. The molecule has 0 aliphatic carbocycles. The monoisotopic (exact) mass is 280 g/mol. The van der Waals surface area contributed by atoms with Crippen molar-refractivity contribution in [2.24, 2.45) is 0 Å². The van der Waals surface area contributed by atoms with Crippen LogP contribution in [0.2, 0.25) is 0 Å². The zero-order chi connectivity index (χ0) is 14.8. The quantitative estimate of drug-likeness (QED) is 0.572. The fourth-order valence-electron chi connectivity index (χ4n) is 1.22. The lowest BCUT2D eigenvalue weighted by Crippen LogP contribution is -2.43. The van der Waals surface area contributed by atoms with Gasteiger partial charge in [0.1, 0.15) is 5.75 Å². The third-order valence-electron chi connectivity index (χ3n) is 2.24. The molecule has 7 heteroatoms. The number of methoxy groups -OCH3 is 1. The van der Waals surface area contributed by atoms with E-state index in [2.05, 4.69) is 15.6 Å². The van der Waals surface area contributed by atoms with E-state index in [1.165, 1.54) is 7.11 Å². The zero-order valence-corrected chi connectivity index (χ0v) is 11.0. The van der Waals surface area contributed by atoms with E-state index in [0.29, 0.717) is 5.75 Å². The molecule has 0 aliphatic heterocycles. The average molecular weight is 280 g/mol. The van der Waals surface area contributed by atoms with Crippen LogP contribution < -0.4 is 15.6 Å². The van der Waals surface area contributed by atoms with Gasteiger partial charge in [0, 0.05) is 6.42 Å². The molecule has 0 radical (unpaired) electrons. The van der Waals surface area contributed by atoms with E-state index in [0.717, 1.165) is 0 Å². The highest BCUT2D eigenvalue weighted by Gasteiger charge is 2.08. The SMILES string of the molecule is COC(=O)CCC(=O)NNC(=O)COc1ccccc1. The molecule has 7 nitrogen and oxygen atoms in total. The number of hydrogen-bond donors (Lipinski definition) is 2. The Morgan fingerprint density at radius 3 is 2.30 bits per heavy atom. The van der Waals surface area contributed by atoms with E-state index in [4.69, 9.17) is 4.74 Å². The van der Waals surface area contributed by atoms with Crippen LogP contribution in [-0.2, 0) is 19.1 Å². The molecule has 0 aromatic heterocycles. The fraction of sp³-hybridized carbons (Fsp3) is 0.308. The van der Waals surface area contributed by atoms with Gasteiger partial charge in [0.05, 0.1) is 13.5 Å². The predicted octanol–water partition coefficient (Wildman–Crippen LogP) is 0.166. The number of hydrazine groups is 1. The van der Waals surface area contributed by atoms with Gasteiger partial charge in [-0.25, -0.2) is 0 Å². The molecule has 2 amide bonds. The molecule has 1 aromatic carbocycles. The van der Waals surface area contributed by atoms with Crippen molar-refractivity contribution in [3.63, 3.8) is 0 Å². The maximum Gasteiger partial charge on any atom is 0.306 e. The first kappa shape index (κ1) is 15.5. The van der Waals surface area contributed by atoms with Crippen molar-refractivity contribution in [3.8, 4) is 5.75 Å². The maximum absolute atomic E-state index is 11.4. The van der Waals surface area contributed by atoms with Crippen molar-refractivity contribution in [2.45, 2.75) is 12.8 Å². The van der Waals surface area contributed by atoms with Gasteiger partial charge in [-0.1, -0.05) is 18.2 Å². The van der Waals surface area contributed by atoms with Crippen LogP contribution in [0.5, 0.6) is 5.75 Å². The minimum absolute atomic E-state index is 0.0429. The molecule has 20 heavy (non-hydrogen) atoms. The van der Waals surface area contributed by atoms with Gasteiger partial charge < -0.3 is 9.47 Å². The Bertz CT molecular complexity index is 461. The van der Waals surface area contributed by atoms with E-state index in [1.54, 1.807) is 24.3 Å². The van der Waals surface area contributed by atoms with Crippen LogP contribution in [0.1, 0.15) is 12.8 Å². The Hall–Kier alpha value is -2.57. The lowest BCUT2D eigenvalue weighted by molar-refractivity contribution is -0.142. The average Bonchev–Trinajstić information content (AvgIpc) is 2.49. The highest BCUT2D eigenvalue weighted by molar-refractivity contribution is 5.84. The van der Waals surface area contributed by atoms with Crippen LogP contribution in [0.3, 0.4) is 0 Å². The van der Waals surface area contributed by atoms with Crippen LogP contribution in [0.15, 0.2) is 30.3 Å². The first-order valence-electron chi connectivity index (χ1n) is 5.94. The number of esters is 1. The lowest BCUT2D eigenvalue weighted by atomic mass is 10.3. The van der Waals surface area contributed by atoms with Crippen molar-refractivity contribution in [1.29, 1.82) is 0 Å². The summed E-state index contributed by atoms with van der Waals surface area (Å²) in [5.74, 6) is -0.915. The standard InChI is InChI=1S/C13H16N2O5/c1-19-13(18)8-7-11(16)14-15-12(17)9-20-10-5-3-2-4-6-10/h2-6H,7-9H2,1H3,(H,14,16)(H,15,17). The topological polar surface area (TPSA) is 93.7 Å². The minimum atomic E-state index is -0.500. The number of hydrogen-bond acceptors (Lipinski definition) is 5. The van der Waals surface area contributed by atoms with Gasteiger partial charge in [0.25, 0.3) is 5.91 Å². The van der Waals surface area contributed by atoms with E-state index in [1.807, 2.05) is 6.07 Å². The Balaban J connectivity index is 2.16. The van der Waals surface area contributed by atoms with Crippen LogP contribution in [-0.4, -0.2) is 31.5 Å². The van der Waals surface area contributed by atoms with Crippen LogP contribution >= 0.6 is 0 Å². The highest BCUT2D eigenvalue weighted by Crippen LogP contribution is 2.07. The fourth-order valence-corrected chi connectivity index (χ4v) is 1.22. The highest BCUT2D eigenvalue weighted by atomic mass is 16.5. The molecule has 0 saturated heterocycles. The van der Waals surface area contributed by atoms with E-state index < -0.39 is 17.8 Å². The molecule has 0 spiro atoms. The molecule has 0 fully saturated rings. The third-order valence-corrected chi connectivity index (χ3v) is 2.24. The van der Waals surface area contributed by atoms with Gasteiger partial charge >= 0.3 is 5.97 Å². The lowest BCUT2D eigenvalue weighted by Gasteiger charge is -2.08. The van der Waals surface area contributed by atoms with Gasteiger partial charge in [-0.15, -0.1) is 0 Å². The summed E-state index contributed by atoms with van der Waals surface area (Å²) in [7, 11) is 1.24. The van der Waals surface area contributed by atoms with E-state index >= 15 is 0 Å². The van der Waals surface area contributed by atoms with Crippen molar-refractivity contribution in [3.05, 3.63) is 30.3 Å². The molecule has 0 unspecified atom stereocenters. The smallest absolute Gasteiger partial charge is 0.306 e. The van der Waals surface area contributed by atoms with E-state index in [-0.39, 0.29) is 19.4 Å². The van der Waals surface area contributed by atoms with Crippen molar-refractivity contribution < 1.29 is 23.9 Å². The van der Waals surface area contributed by atoms with Gasteiger partial charge in [0.2, 0.25) is 5.91 Å². The summed E-state index contributed by atoms with van der Waals surface area (Å²) in [4.78, 5) is 33.4. The molecule has 108 valence electrons. The Morgan fingerprint density at radius 2 is 1.65 bits per heavy atom. The summed E-state index contributed by atoms with van der Waals surface area (Å²) < 4.78 is 9.57. The molecule has 2 N–H and O–H groups in total. The molecule has 1 rings (SSSR count). The molecule has 0 aliphatic rings. The number of nitrogens with one attached hydrogen (secondary N) is 2. The van der Waals surface area contributed by atoms with Crippen molar-refractivity contribution in [1.82, 2.24) is 10.9 Å². The summed E-state index contributed by atoms with van der Waals surface area (Å²) in [5, 5.41) is 0. The Kier molecular flexibility index (Phi) is 6.60. The van der Waals surface area contributed by atoms with Gasteiger partial charge in [-0.3, -0.25) is 25.2 Å². The predicted molar refractivity (Wildman–Crippen MR) is 69.5 cm³/mol. The molecule has 0 saturated carbocycles. The maximum atomic E-state index is 11.4. The summed E-state index contributed by atoms with van der Waals surface area (Å²) >= 11 is 0. The summed E-state index contributed by atoms with van der Waals surface area (Å²) in [6.45, 7) is -0.221. The number of ether oxygens (including phenoxy) is 2. The first-order chi connectivity index (χ1) is 9.61. The van der Waals surface area contributed by atoms with Gasteiger partial charge in [0.15, 0.2) is 6.61 Å². The van der Waals surface area contributed by atoms with Gasteiger partial charge in [-0.05, 0) is 12.1 Å². The number of para-hydroxylation sites is 1. The van der Waals surface area contributed by atoms with Crippen LogP contribution in [0.4, 0.5) is 0 Å². The third kappa shape index (κ3) is 6.39. The Labute approximate surface area is 116 Å². The number of benzene rings is 1. The van der Waals surface area contributed by atoms with Gasteiger partial charge in [-0.2, -0.15) is 0 Å². The van der Waals surface area contributed by atoms with Crippen LogP contribution in [0.25, 0.3) is 0 Å².